The molecule has 0 aliphatic heterocycles. The fraction of sp³-hybridized carbons (Fsp3) is 0.654. The molecule has 0 aliphatic carbocycles. The van der Waals surface area contributed by atoms with Crippen molar-refractivity contribution in [1.82, 2.24) is 0 Å². The molecule has 0 amide bonds. The van der Waals surface area contributed by atoms with Crippen LogP contribution in [0.4, 0.5) is 13.2 Å². The Hall–Kier alpha value is -1.78. The summed E-state index contributed by atoms with van der Waals surface area (Å²) in [5, 5.41) is 0. The lowest BCUT2D eigenvalue weighted by molar-refractivity contribution is -0.138. The monoisotopic (exact) mass is 440 g/mol. The summed E-state index contributed by atoms with van der Waals surface area (Å²) in [5.74, 6) is -0.521. The van der Waals surface area contributed by atoms with Crippen LogP contribution in [0.3, 0.4) is 0 Å². The highest BCUT2D eigenvalue weighted by Gasteiger charge is 2.30. The van der Waals surface area contributed by atoms with E-state index in [2.05, 4.69) is 6.92 Å². The first-order chi connectivity index (χ1) is 14.9. The van der Waals surface area contributed by atoms with Crippen molar-refractivity contribution < 1.29 is 22.7 Å². The van der Waals surface area contributed by atoms with E-state index >= 15 is 0 Å². The van der Waals surface area contributed by atoms with Crippen LogP contribution in [0.25, 0.3) is 6.08 Å². The average Bonchev–Trinajstić information content (AvgIpc) is 2.74. The van der Waals surface area contributed by atoms with E-state index in [1.54, 1.807) is 0 Å². The van der Waals surface area contributed by atoms with Crippen LogP contribution in [0.15, 0.2) is 30.3 Å². The van der Waals surface area contributed by atoms with Crippen LogP contribution >= 0.6 is 0 Å². The lowest BCUT2D eigenvalue weighted by Gasteiger charge is -2.06. The molecular weight excluding hydrogens is 401 g/mol. The van der Waals surface area contributed by atoms with Crippen LogP contribution in [0.5, 0.6) is 0 Å². The number of halogens is 3. The number of ether oxygens (including phenoxy) is 1. The number of hydrogen-bond acceptors (Lipinski definition) is 2. The zero-order chi connectivity index (χ0) is 22.8. The second-order valence-corrected chi connectivity index (χ2v) is 8.22. The topological polar surface area (TPSA) is 26.3 Å². The Bertz CT molecular complexity index is 623. The Morgan fingerprint density at radius 1 is 0.839 bits per heavy atom. The first kappa shape index (κ1) is 27.3. The predicted octanol–water partition coefficient (Wildman–Crippen LogP) is 8.74. The van der Waals surface area contributed by atoms with Crippen molar-refractivity contribution >= 4 is 12.0 Å². The van der Waals surface area contributed by atoms with Crippen molar-refractivity contribution in [2.24, 2.45) is 0 Å². The van der Waals surface area contributed by atoms with Crippen molar-refractivity contribution in [3.8, 4) is 0 Å². The molecule has 0 saturated heterocycles. The number of carbonyl (C=O) groups excluding carboxylic acids is 1. The Balaban J connectivity index is 1.98. The summed E-state index contributed by atoms with van der Waals surface area (Å²) in [6, 6.07) is 4.86. The Morgan fingerprint density at radius 2 is 1.35 bits per heavy atom. The van der Waals surface area contributed by atoms with E-state index in [1.807, 2.05) is 0 Å². The molecule has 0 aromatic heterocycles. The van der Waals surface area contributed by atoms with Gasteiger partial charge in [0.25, 0.3) is 0 Å². The molecule has 31 heavy (non-hydrogen) atoms. The van der Waals surface area contributed by atoms with Gasteiger partial charge in [-0.1, -0.05) is 103 Å². The van der Waals surface area contributed by atoms with Crippen molar-refractivity contribution in [2.75, 3.05) is 6.61 Å². The highest BCUT2D eigenvalue weighted by Crippen LogP contribution is 2.29. The van der Waals surface area contributed by atoms with Gasteiger partial charge in [0, 0.05) is 6.08 Å². The van der Waals surface area contributed by atoms with Gasteiger partial charge in [-0.3, -0.25) is 0 Å². The molecule has 1 aromatic carbocycles. The lowest BCUT2D eigenvalue weighted by Crippen LogP contribution is -2.04. The van der Waals surface area contributed by atoms with Gasteiger partial charge in [-0.25, -0.2) is 4.79 Å². The molecule has 0 spiro atoms. The zero-order valence-corrected chi connectivity index (χ0v) is 19.0. The predicted molar refractivity (Wildman–Crippen MR) is 122 cm³/mol. The summed E-state index contributed by atoms with van der Waals surface area (Å²) in [6.45, 7) is 2.60. The summed E-state index contributed by atoms with van der Waals surface area (Å²) in [7, 11) is 0. The molecule has 1 rings (SSSR count). The van der Waals surface area contributed by atoms with E-state index in [0.717, 1.165) is 31.4 Å². The standard InChI is InChI=1S/C26H39F3O2/c1-2-3-4-5-6-7-8-9-10-11-12-13-14-15-21-31-25(30)20-19-23-17-16-18-24(22-23)26(27,28)29/h16-20,22H,2-15,21H2,1H3/b20-19+. The molecule has 0 bridgehead atoms. The Morgan fingerprint density at radius 3 is 1.87 bits per heavy atom. The second kappa shape index (κ2) is 16.9. The van der Waals surface area contributed by atoms with Crippen molar-refractivity contribution in [3.05, 3.63) is 41.5 Å². The van der Waals surface area contributed by atoms with Crippen molar-refractivity contribution in [2.45, 2.75) is 103 Å². The second-order valence-electron chi connectivity index (χ2n) is 8.22. The minimum Gasteiger partial charge on any atom is -0.463 e. The fourth-order valence-electron chi connectivity index (χ4n) is 3.50. The number of alkyl halides is 3. The Labute approximate surface area is 186 Å². The van der Waals surface area contributed by atoms with Crippen molar-refractivity contribution in [1.29, 1.82) is 0 Å². The van der Waals surface area contributed by atoms with Crippen LogP contribution in [-0.2, 0) is 15.7 Å². The maximum absolute atomic E-state index is 12.7. The SMILES string of the molecule is CCCCCCCCCCCCCCCCOC(=O)/C=C/c1cccc(C(F)(F)F)c1. The quantitative estimate of drug-likeness (QED) is 0.137. The summed E-state index contributed by atoms with van der Waals surface area (Å²) in [5.41, 5.74) is -0.409. The largest absolute Gasteiger partial charge is 0.463 e. The van der Waals surface area contributed by atoms with Crippen LogP contribution < -0.4 is 0 Å². The van der Waals surface area contributed by atoms with Gasteiger partial charge in [0.15, 0.2) is 0 Å². The molecule has 2 nitrogen and oxygen atoms in total. The lowest BCUT2D eigenvalue weighted by atomic mass is 10.0. The molecule has 1 aromatic rings. The normalized spacial score (nSPS) is 11.9. The zero-order valence-electron chi connectivity index (χ0n) is 19.0. The van der Waals surface area contributed by atoms with E-state index in [4.69, 9.17) is 4.74 Å². The van der Waals surface area contributed by atoms with Gasteiger partial charge in [0.2, 0.25) is 0 Å². The molecule has 0 fully saturated rings. The smallest absolute Gasteiger partial charge is 0.416 e. The van der Waals surface area contributed by atoms with Gasteiger partial charge in [-0.2, -0.15) is 13.2 Å². The molecule has 0 N–H and O–H groups in total. The third kappa shape index (κ3) is 14.8. The van der Waals surface area contributed by atoms with E-state index in [-0.39, 0.29) is 0 Å². The number of benzene rings is 1. The summed E-state index contributed by atoms with van der Waals surface area (Å²) >= 11 is 0. The molecule has 0 unspecified atom stereocenters. The first-order valence-electron chi connectivity index (χ1n) is 12.0. The number of esters is 1. The summed E-state index contributed by atoms with van der Waals surface area (Å²) in [4.78, 5) is 11.7. The third-order valence-corrected chi connectivity index (χ3v) is 5.37. The van der Waals surface area contributed by atoms with Crippen LogP contribution in [0, 0.1) is 0 Å². The van der Waals surface area contributed by atoms with E-state index in [1.165, 1.54) is 94.9 Å². The van der Waals surface area contributed by atoms with Crippen LogP contribution in [-0.4, -0.2) is 12.6 Å². The molecule has 0 aliphatic rings. The molecule has 5 heteroatoms. The molecule has 0 atom stereocenters. The van der Waals surface area contributed by atoms with E-state index in [0.29, 0.717) is 12.2 Å². The number of hydrogen-bond donors (Lipinski definition) is 0. The van der Waals surface area contributed by atoms with Crippen LogP contribution in [0.1, 0.15) is 108 Å². The van der Waals surface area contributed by atoms with Gasteiger partial charge in [0.1, 0.15) is 0 Å². The average molecular weight is 441 g/mol. The molecule has 176 valence electrons. The number of unbranched alkanes of at least 4 members (excludes halogenated alkanes) is 13. The fourth-order valence-corrected chi connectivity index (χ4v) is 3.50. The summed E-state index contributed by atoms with van der Waals surface area (Å²) < 4.78 is 43.2. The third-order valence-electron chi connectivity index (χ3n) is 5.37. The van der Waals surface area contributed by atoms with E-state index in [9.17, 15) is 18.0 Å². The van der Waals surface area contributed by atoms with Crippen LogP contribution in [0.2, 0.25) is 0 Å². The van der Waals surface area contributed by atoms with Gasteiger partial charge < -0.3 is 4.74 Å². The minimum absolute atomic E-state index is 0.322. The molecular formula is C26H39F3O2. The van der Waals surface area contributed by atoms with Crippen molar-refractivity contribution in [3.63, 3.8) is 0 Å². The molecule has 0 saturated carbocycles. The van der Waals surface area contributed by atoms with Gasteiger partial charge in [0.05, 0.1) is 12.2 Å². The minimum atomic E-state index is -4.39. The highest BCUT2D eigenvalue weighted by molar-refractivity contribution is 5.87. The van der Waals surface area contributed by atoms with Gasteiger partial charge in [-0.15, -0.1) is 0 Å². The number of rotatable bonds is 17. The highest BCUT2D eigenvalue weighted by atomic mass is 19.4. The van der Waals surface area contributed by atoms with E-state index < -0.39 is 17.7 Å². The molecule has 0 heterocycles. The number of carbonyl (C=O) groups is 1. The van der Waals surface area contributed by atoms with Gasteiger partial charge >= 0.3 is 12.1 Å². The Kier molecular flexibility index (Phi) is 14.8. The first-order valence-corrected chi connectivity index (χ1v) is 12.0. The maximum Gasteiger partial charge on any atom is 0.416 e. The maximum atomic E-state index is 12.7. The molecule has 0 radical (unpaired) electrons. The summed E-state index contributed by atoms with van der Waals surface area (Å²) in [6.07, 6.45) is 15.8. The van der Waals surface area contributed by atoms with Gasteiger partial charge in [-0.05, 0) is 30.2 Å².